The van der Waals surface area contributed by atoms with Crippen molar-refractivity contribution < 1.29 is 14.1 Å². The van der Waals surface area contributed by atoms with Gasteiger partial charge in [-0.1, -0.05) is 18.2 Å². The smallest absolute Gasteiger partial charge is 0.306 e. The van der Waals surface area contributed by atoms with Crippen LogP contribution in [-0.4, -0.2) is 23.4 Å². The lowest BCUT2D eigenvalue weighted by molar-refractivity contribution is -0.387. The van der Waals surface area contributed by atoms with Gasteiger partial charge in [0.15, 0.2) is 0 Å². The van der Waals surface area contributed by atoms with Crippen molar-refractivity contribution in [1.29, 1.82) is 0 Å². The third kappa shape index (κ3) is 2.92. The number of hydrogen-bond donors (Lipinski definition) is 1. The fourth-order valence-electron chi connectivity index (χ4n) is 2.97. The van der Waals surface area contributed by atoms with E-state index in [4.69, 9.17) is 0 Å². The maximum absolute atomic E-state index is 13.3. The van der Waals surface area contributed by atoms with Crippen molar-refractivity contribution in [2.75, 3.05) is 16.8 Å². The Hall–Kier alpha value is -2.96. The first-order valence-corrected chi connectivity index (χ1v) is 7.55. The van der Waals surface area contributed by atoms with Gasteiger partial charge in [0, 0.05) is 23.5 Å². The second-order valence-corrected chi connectivity index (χ2v) is 5.72. The molecule has 2 aromatic rings. The second-order valence-electron chi connectivity index (χ2n) is 5.72. The summed E-state index contributed by atoms with van der Waals surface area (Å²) >= 11 is 0. The van der Waals surface area contributed by atoms with Gasteiger partial charge in [-0.25, -0.2) is 0 Å². The zero-order valence-corrected chi connectivity index (χ0v) is 13.0. The highest BCUT2D eigenvalue weighted by Gasteiger charge is 2.30. The summed E-state index contributed by atoms with van der Waals surface area (Å²) in [5, 5.41) is 13.6. The number of para-hydroxylation sites is 1. The number of nitrogens with one attached hydrogen (secondary N) is 1. The first kappa shape index (κ1) is 15.9. The molecule has 0 saturated carbocycles. The molecule has 0 aromatic heterocycles. The third-order valence-corrected chi connectivity index (χ3v) is 4.06. The highest BCUT2D eigenvalue weighted by atomic mass is 19.1. The minimum Gasteiger partial charge on any atom is -0.376 e. The van der Waals surface area contributed by atoms with Crippen molar-refractivity contribution >= 4 is 23.0 Å². The van der Waals surface area contributed by atoms with Crippen LogP contribution in [0.2, 0.25) is 0 Å². The molecule has 3 rings (SSSR count). The molecule has 6 nitrogen and oxygen atoms in total. The Bertz CT molecular complexity index is 809. The standard InChI is InChI=1S/C17H16FN3O3/c1-11-8-12-4-2-3-5-15(12)20(11)17(22)10-19-13-6-7-14(18)16(9-13)21(23)24/h2-7,9,11,19H,8,10H2,1H3. The normalized spacial score (nSPS) is 15.9. The van der Waals surface area contributed by atoms with Gasteiger partial charge < -0.3 is 10.2 Å². The predicted molar refractivity (Wildman–Crippen MR) is 88.6 cm³/mol. The zero-order valence-electron chi connectivity index (χ0n) is 13.0. The fraction of sp³-hybridized carbons (Fsp3) is 0.235. The molecular weight excluding hydrogens is 313 g/mol. The number of carbonyl (C=O) groups is 1. The summed E-state index contributed by atoms with van der Waals surface area (Å²) in [6, 6.07) is 11.2. The van der Waals surface area contributed by atoms with Crippen LogP contribution >= 0.6 is 0 Å². The summed E-state index contributed by atoms with van der Waals surface area (Å²) in [4.78, 5) is 24.2. The molecule has 24 heavy (non-hydrogen) atoms. The van der Waals surface area contributed by atoms with Gasteiger partial charge in [0.25, 0.3) is 0 Å². The molecule has 1 N–H and O–H groups in total. The van der Waals surface area contributed by atoms with Gasteiger partial charge >= 0.3 is 5.69 Å². The summed E-state index contributed by atoms with van der Waals surface area (Å²) in [7, 11) is 0. The van der Waals surface area contributed by atoms with Crippen LogP contribution in [0.1, 0.15) is 12.5 Å². The van der Waals surface area contributed by atoms with Crippen LogP contribution in [0.5, 0.6) is 0 Å². The van der Waals surface area contributed by atoms with E-state index in [0.29, 0.717) is 5.69 Å². The van der Waals surface area contributed by atoms with E-state index in [1.807, 2.05) is 31.2 Å². The van der Waals surface area contributed by atoms with Gasteiger partial charge in [-0.2, -0.15) is 4.39 Å². The zero-order chi connectivity index (χ0) is 17.3. The lowest BCUT2D eigenvalue weighted by Gasteiger charge is -2.23. The van der Waals surface area contributed by atoms with Gasteiger partial charge in [-0.3, -0.25) is 14.9 Å². The van der Waals surface area contributed by atoms with Crippen LogP contribution in [0.3, 0.4) is 0 Å². The van der Waals surface area contributed by atoms with Crippen LogP contribution in [0.25, 0.3) is 0 Å². The van der Waals surface area contributed by atoms with E-state index in [-0.39, 0.29) is 18.5 Å². The summed E-state index contributed by atoms with van der Waals surface area (Å²) in [5.74, 6) is -1.04. The molecule has 1 heterocycles. The Morgan fingerprint density at radius 1 is 1.38 bits per heavy atom. The molecule has 0 saturated heterocycles. The number of halogens is 1. The van der Waals surface area contributed by atoms with Crippen molar-refractivity contribution in [2.45, 2.75) is 19.4 Å². The van der Waals surface area contributed by atoms with Crippen LogP contribution in [0.4, 0.5) is 21.5 Å². The number of fused-ring (bicyclic) bond motifs is 1. The van der Waals surface area contributed by atoms with E-state index in [1.54, 1.807) is 4.90 Å². The molecule has 1 aliphatic rings. The predicted octanol–water partition coefficient (Wildman–Crippen LogP) is 3.12. The van der Waals surface area contributed by atoms with Gasteiger partial charge in [0.2, 0.25) is 11.7 Å². The van der Waals surface area contributed by atoms with E-state index in [9.17, 15) is 19.3 Å². The monoisotopic (exact) mass is 329 g/mol. The van der Waals surface area contributed by atoms with Gasteiger partial charge in [0.1, 0.15) is 0 Å². The number of benzene rings is 2. The maximum atomic E-state index is 13.3. The molecule has 7 heteroatoms. The van der Waals surface area contributed by atoms with Crippen molar-refractivity contribution in [3.63, 3.8) is 0 Å². The molecule has 1 amide bonds. The van der Waals surface area contributed by atoms with Crippen molar-refractivity contribution in [1.82, 2.24) is 0 Å². The topological polar surface area (TPSA) is 75.5 Å². The van der Waals surface area contributed by atoms with Crippen molar-refractivity contribution in [2.24, 2.45) is 0 Å². The average molecular weight is 329 g/mol. The minimum absolute atomic E-state index is 0.0263. The first-order valence-electron chi connectivity index (χ1n) is 7.55. The van der Waals surface area contributed by atoms with Crippen LogP contribution in [0, 0.1) is 15.9 Å². The minimum atomic E-state index is -0.904. The molecule has 1 aliphatic heterocycles. The molecule has 0 spiro atoms. The molecule has 0 fully saturated rings. The Balaban J connectivity index is 1.73. The largest absolute Gasteiger partial charge is 0.376 e. The fourth-order valence-corrected chi connectivity index (χ4v) is 2.97. The molecule has 2 aromatic carbocycles. The number of hydrogen-bond acceptors (Lipinski definition) is 4. The quantitative estimate of drug-likeness (QED) is 0.691. The number of rotatable bonds is 4. The lowest BCUT2D eigenvalue weighted by Crippen LogP contribution is -2.39. The number of amides is 1. The van der Waals surface area contributed by atoms with Crippen molar-refractivity contribution in [3.8, 4) is 0 Å². The molecule has 0 bridgehead atoms. The van der Waals surface area contributed by atoms with E-state index < -0.39 is 16.4 Å². The Morgan fingerprint density at radius 2 is 2.12 bits per heavy atom. The summed E-state index contributed by atoms with van der Waals surface area (Å²) < 4.78 is 13.3. The van der Waals surface area contributed by atoms with Crippen LogP contribution < -0.4 is 10.2 Å². The van der Waals surface area contributed by atoms with E-state index in [0.717, 1.165) is 29.8 Å². The van der Waals surface area contributed by atoms with Crippen LogP contribution in [-0.2, 0) is 11.2 Å². The Labute approximate surface area is 138 Å². The molecular formula is C17H16FN3O3. The van der Waals surface area contributed by atoms with Gasteiger partial charge in [-0.15, -0.1) is 0 Å². The number of nitro groups is 1. The summed E-state index contributed by atoms with van der Waals surface area (Å²) in [6.07, 6.45) is 0.796. The molecule has 1 unspecified atom stereocenters. The number of carbonyl (C=O) groups excluding carboxylic acids is 1. The summed E-state index contributed by atoms with van der Waals surface area (Å²) in [6.45, 7) is 1.95. The Kier molecular flexibility index (Phi) is 4.16. The van der Waals surface area contributed by atoms with Crippen LogP contribution in [0.15, 0.2) is 42.5 Å². The number of nitrogens with zero attached hydrogens (tertiary/aromatic N) is 2. The molecule has 0 aliphatic carbocycles. The first-order chi connectivity index (χ1) is 11.5. The highest BCUT2D eigenvalue weighted by molar-refractivity contribution is 5.98. The van der Waals surface area contributed by atoms with E-state index in [2.05, 4.69) is 5.32 Å². The highest BCUT2D eigenvalue weighted by Crippen LogP contribution is 2.31. The molecule has 124 valence electrons. The maximum Gasteiger partial charge on any atom is 0.306 e. The van der Waals surface area contributed by atoms with Gasteiger partial charge in [-0.05, 0) is 37.1 Å². The second kappa shape index (κ2) is 6.27. The van der Waals surface area contributed by atoms with Crippen molar-refractivity contribution in [3.05, 3.63) is 64.0 Å². The number of anilines is 2. The number of nitro benzene ring substituents is 1. The molecule has 1 atom stereocenters. The average Bonchev–Trinajstić information content (AvgIpc) is 2.89. The summed E-state index contributed by atoms with van der Waals surface area (Å²) in [5.41, 5.74) is 1.72. The lowest BCUT2D eigenvalue weighted by atomic mass is 10.1. The van der Waals surface area contributed by atoms with E-state index in [1.165, 1.54) is 6.07 Å². The SMILES string of the molecule is CC1Cc2ccccc2N1C(=O)CNc1ccc(F)c([N+](=O)[O-])c1. The molecule has 0 radical (unpaired) electrons. The van der Waals surface area contributed by atoms with E-state index >= 15 is 0 Å². The third-order valence-electron chi connectivity index (χ3n) is 4.06. The van der Waals surface area contributed by atoms with Gasteiger partial charge in [0.05, 0.1) is 11.5 Å². The Morgan fingerprint density at radius 3 is 2.88 bits per heavy atom.